The van der Waals surface area contributed by atoms with Crippen LogP contribution in [0.2, 0.25) is 0 Å². The molecule has 0 aliphatic heterocycles. The summed E-state index contributed by atoms with van der Waals surface area (Å²) in [6.07, 6.45) is 0. The number of benzene rings is 2. The van der Waals surface area contributed by atoms with E-state index in [0.717, 1.165) is 12.2 Å². The number of hydrogen-bond acceptors (Lipinski definition) is 2. The average molecular weight is 471 g/mol. The molecular weight excluding hydrogens is 444 g/mol. The zero-order valence-electron chi connectivity index (χ0n) is 15.5. The molecule has 6 heteroatoms. The predicted octanol–water partition coefficient (Wildman–Crippen LogP) is 4.15. The lowest BCUT2D eigenvalue weighted by Gasteiger charge is -2.13. The second kappa shape index (κ2) is 11.9. The number of halogens is 2. The van der Waals surface area contributed by atoms with Crippen LogP contribution in [-0.2, 0) is 24.4 Å². The number of aliphatic imine (C=N–C) groups is 1. The van der Waals surface area contributed by atoms with Crippen LogP contribution in [0.4, 0.5) is 4.39 Å². The first-order valence-corrected chi connectivity index (χ1v) is 8.47. The van der Waals surface area contributed by atoms with Crippen LogP contribution < -0.4 is 10.6 Å². The maximum Gasteiger partial charge on any atom is 0.191 e. The van der Waals surface area contributed by atoms with E-state index in [1.807, 2.05) is 13.0 Å². The highest BCUT2D eigenvalue weighted by molar-refractivity contribution is 14.0. The molecule has 0 atom stereocenters. The Morgan fingerprint density at radius 2 is 1.58 bits per heavy atom. The summed E-state index contributed by atoms with van der Waals surface area (Å²) in [6.45, 7) is 6.39. The Morgan fingerprint density at radius 3 is 2.15 bits per heavy atom. The van der Waals surface area contributed by atoms with Gasteiger partial charge < -0.3 is 15.4 Å². The molecule has 0 spiro atoms. The first kappa shape index (κ1) is 22.4. The molecular formula is C20H27FIN3O. The smallest absolute Gasteiger partial charge is 0.191 e. The van der Waals surface area contributed by atoms with Crippen LogP contribution in [0.15, 0.2) is 47.5 Å². The summed E-state index contributed by atoms with van der Waals surface area (Å²) >= 11 is 0. The first-order chi connectivity index (χ1) is 12.1. The fourth-order valence-corrected chi connectivity index (χ4v) is 2.38. The maximum absolute atomic E-state index is 13.3. The molecule has 2 aromatic carbocycles. The van der Waals surface area contributed by atoms with Crippen molar-refractivity contribution in [2.45, 2.75) is 33.5 Å². The minimum Gasteiger partial charge on any atom is -0.377 e. The van der Waals surface area contributed by atoms with Crippen molar-refractivity contribution in [1.29, 1.82) is 0 Å². The molecule has 0 heterocycles. The number of hydrogen-bond donors (Lipinski definition) is 2. The van der Waals surface area contributed by atoms with Gasteiger partial charge in [0.05, 0.1) is 6.61 Å². The molecule has 0 aromatic heterocycles. The van der Waals surface area contributed by atoms with Crippen molar-refractivity contribution in [1.82, 2.24) is 10.6 Å². The highest BCUT2D eigenvalue weighted by atomic mass is 127. The van der Waals surface area contributed by atoms with Crippen LogP contribution in [0.5, 0.6) is 0 Å². The van der Waals surface area contributed by atoms with Crippen LogP contribution in [-0.4, -0.2) is 19.6 Å². The zero-order chi connectivity index (χ0) is 18.1. The lowest BCUT2D eigenvalue weighted by atomic mass is 10.1. The summed E-state index contributed by atoms with van der Waals surface area (Å²) in [4.78, 5) is 4.22. The Bertz CT molecular complexity index is 705. The number of nitrogens with one attached hydrogen (secondary N) is 2. The molecule has 0 saturated heterocycles. The number of nitrogens with zero attached hydrogens (tertiary/aromatic N) is 1. The third kappa shape index (κ3) is 7.29. The van der Waals surface area contributed by atoms with Gasteiger partial charge in [-0.05, 0) is 42.2 Å². The van der Waals surface area contributed by atoms with E-state index in [1.54, 1.807) is 20.0 Å². The third-order valence-electron chi connectivity index (χ3n) is 3.86. The minimum atomic E-state index is -0.181. The summed E-state index contributed by atoms with van der Waals surface area (Å²) in [5, 5.41) is 6.52. The van der Waals surface area contributed by atoms with Crippen LogP contribution in [0.25, 0.3) is 0 Å². The van der Waals surface area contributed by atoms with Crippen LogP contribution >= 0.6 is 24.0 Å². The van der Waals surface area contributed by atoms with Crippen LogP contribution in [0, 0.1) is 12.7 Å². The van der Waals surface area contributed by atoms with Crippen molar-refractivity contribution in [2.24, 2.45) is 4.99 Å². The molecule has 4 nitrogen and oxygen atoms in total. The maximum atomic E-state index is 13.3. The Hall–Kier alpha value is -1.67. The van der Waals surface area contributed by atoms with Crippen molar-refractivity contribution in [3.8, 4) is 0 Å². The molecule has 0 aliphatic rings. The SMILES string of the molecule is CCOCc1ccc(CNC(=NC)NCc2ccc(F)c(C)c2)cc1.I. The molecule has 0 unspecified atom stereocenters. The average Bonchev–Trinajstić information content (AvgIpc) is 2.64. The largest absolute Gasteiger partial charge is 0.377 e. The first-order valence-electron chi connectivity index (χ1n) is 8.47. The summed E-state index contributed by atoms with van der Waals surface area (Å²) in [5.41, 5.74) is 4.00. The Kier molecular flexibility index (Phi) is 10.2. The van der Waals surface area contributed by atoms with Gasteiger partial charge in [0.1, 0.15) is 5.82 Å². The highest BCUT2D eigenvalue weighted by Crippen LogP contribution is 2.09. The van der Waals surface area contributed by atoms with Crippen molar-refractivity contribution < 1.29 is 9.13 Å². The van der Waals surface area contributed by atoms with Crippen molar-refractivity contribution in [3.05, 3.63) is 70.5 Å². The molecule has 2 aromatic rings. The van der Waals surface area contributed by atoms with Gasteiger partial charge in [0.25, 0.3) is 0 Å². The van der Waals surface area contributed by atoms with Crippen molar-refractivity contribution in [3.63, 3.8) is 0 Å². The van der Waals surface area contributed by atoms with Gasteiger partial charge in [-0.2, -0.15) is 0 Å². The lowest BCUT2D eigenvalue weighted by Crippen LogP contribution is -2.36. The molecule has 142 valence electrons. The van der Waals surface area contributed by atoms with Gasteiger partial charge in [-0.15, -0.1) is 24.0 Å². The van der Waals surface area contributed by atoms with Gasteiger partial charge in [-0.1, -0.05) is 36.4 Å². The van der Waals surface area contributed by atoms with E-state index in [0.29, 0.717) is 31.2 Å². The standard InChI is InChI=1S/C20H26FN3O.HI/c1-4-25-14-17-7-5-16(6-8-17)12-23-20(22-3)24-13-18-9-10-19(21)15(2)11-18;/h5-11H,4,12-14H2,1-3H3,(H2,22,23,24);1H. The van der Waals surface area contributed by atoms with Gasteiger partial charge in [-0.25, -0.2) is 4.39 Å². The number of aryl methyl sites for hydroxylation is 1. The van der Waals surface area contributed by atoms with Gasteiger partial charge in [0, 0.05) is 26.7 Å². The molecule has 0 radical (unpaired) electrons. The quantitative estimate of drug-likeness (QED) is 0.362. The third-order valence-corrected chi connectivity index (χ3v) is 3.86. The van der Waals surface area contributed by atoms with E-state index in [4.69, 9.17) is 4.74 Å². The number of guanidine groups is 1. The zero-order valence-corrected chi connectivity index (χ0v) is 17.8. The predicted molar refractivity (Wildman–Crippen MR) is 115 cm³/mol. The lowest BCUT2D eigenvalue weighted by molar-refractivity contribution is 0.134. The van der Waals surface area contributed by atoms with Gasteiger partial charge in [0.15, 0.2) is 5.96 Å². The van der Waals surface area contributed by atoms with E-state index < -0.39 is 0 Å². The second-order valence-corrected chi connectivity index (χ2v) is 5.82. The van der Waals surface area contributed by atoms with Gasteiger partial charge >= 0.3 is 0 Å². The second-order valence-electron chi connectivity index (χ2n) is 5.82. The van der Waals surface area contributed by atoms with Crippen molar-refractivity contribution >= 4 is 29.9 Å². The molecule has 0 saturated carbocycles. The topological polar surface area (TPSA) is 45.6 Å². The van der Waals surface area contributed by atoms with E-state index in [2.05, 4.69) is 39.9 Å². The van der Waals surface area contributed by atoms with Crippen LogP contribution in [0.3, 0.4) is 0 Å². The van der Waals surface area contributed by atoms with Crippen LogP contribution in [0.1, 0.15) is 29.2 Å². The minimum absolute atomic E-state index is 0. The number of rotatable bonds is 7. The molecule has 26 heavy (non-hydrogen) atoms. The Balaban J connectivity index is 0.00000338. The molecule has 0 aliphatic carbocycles. The Labute approximate surface area is 172 Å². The summed E-state index contributed by atoms with van der Waals surface area (Å²) in [7, 11) is 1.73. The molecule has 2 rings (SSSR count). The summed E-state index contributed by atoms with van der Waals surface area (Å²) < 4.78 is 18.7. The molecule has 0 amide bonds. The fraction of sp³-hybridized carbons (Fsp3) is 0.350. The highest BCUT2D eigenvalue weighted by Gasteiger charge is 2.02. The van der Waals surface area contributed by atoms with E-state index >= 15 is 0 Å². The molecule has 2 N–H and O–H groups in total. The van der Waals surface area contributed by atoms with Crippen molar-refractivity contribution in [2.75, 3.05) is 13.7 Å². The Morgan fingerprint density at radius 1 is 1.00 bits per heavy atom. The van der Waals surface area contributed by atoms with E-state index in [9.17, 15) is 4.39 Å². The summed E-state index contributed by atoms with van der Waals surface area (Å²) in [6, 6.07) is 13.4. The normalized spacial score (nSPS) is 11.0. The van der Waals surface area contributed by atoms with Gasteiger partial charge in [0.2, 0.25) is 0 Å². The molecule has 0 fully saturated rings. The monoisotopic (exact) mass is 471 g/mol. The number of ether oxygens (including phenoxy) is 1. The summed E-state index contributed by atoms with van der Waals surface area (Å²) in [5.74, 6) is 0.527. The molecule has 0 bridgehead atoms. The van der Waals surface area contributed by atoms with E-state index in [-0.39, 0.29) is 29.8 Å². The fourth-order valence-electron chi connectivity index (χ4n) is 2.38. The van der Waals surface area contributed by atoms with Gasteiger partial charge in [-0.3, -0.25) is 4.99 Å². The van der Waals surface area contributed by atoms with E-state index in [1.165, 1.54) is 17.2 Å².